The molecule has 32 heavy (non-hydrogen) atoms. The lowest BCUT2D eigenvalue weighted by atomic mass is 10.1. The van der Waals surface area contributed by atoms with Gasteiger partial charge in [0.1, 0.15) is 5.69 Å². The SMILES string of the molecule is Cc1ccccc1N=c1scc(-c2ccco2)n1N=Cc1cc2c(cc1[N+](=O)[O-])OCO2. The number of hydrogen-bond donors (Lipinski definition) is 0. The molecule has 4 aromatic rings. The molecule has 0 atom stereocenters. The minimum atomic E-state index is -0.479. The van der Waals surface area contributed by atoms with E-state index in [2.05, 4.69) is 5.10 Å². The van der Waals surface area contributed by atoms with Crippen LogP contribution in [0.1, 0.15) is 11.1 Å². The summed E-state index contributed by atoms with van der Waals surface area (Å²) in [4.78, 5) is 16.4. The zero-order chi connectivity index (χ0) is 22.1. The Kier molecular flexibility index (Phi) is 5.04. The van der Waals surface area contributed by atoms with Crippen LogP contribution >= 0.6 is 11.3 Å². The molecule has 0 aliphatic carbocycles. The molecule has 2 aromatic heterocycles. The molecule has 1 aliphatic rings. The first-order chi connectivity index (χ1) is 15.6. The van der Waals surface area contributed by atoms with Gasteiger partial charge in [-0.2, -0.15) is 5.10 Å². The molecule has 0 bridgehead atoms. The highest BCUT2D eigenvalue weighted by Gasteiger charge is 2.22. The van der Waals surface area contributed by atoms with E-state index in [-0.39, 0.29) is 18.0 Å². The summed E-state index contributed by atoms with van der Waals surface area (Å²) in [5.74, 6) is 1.37. The molecule has 0 unspecified atom stereocenters. The van der Waals surface area contributed by atoms with E-state index in [0.717, 1.165) is 11.3 Å². The molecule has 0 amide bonds. The van der Waals surface area contributed by atoms with Crippen molar-refractivity contribution in [2.24, 2.45) is 10.1 Å². The van der Waals surface area contributed by atoms with E-state index in [1.54, 1.807) is 23.1 Å². The third-order valence-electron chi connectivity index (χ3n) is 4.82. The number of benzene rings is 2. The smallest absolute Gasteiger partial charge is 0.282 e. The average molecular weight is 448 g/mol. The zero-order valence-electron chi connectivity index (χ0n) is 16.8. The lowest BCUT2D eigenvalue weighted by Crippen LogP contribution is -2.11. The minimum absolute atomic E-state index is 0.0223. The molecule has 5 rings (SSSR count). The van der Waals surface area contributed by atoms with Crippen molar-refractivity contribution in [2.45, 2.75) is 6.92 Å². The number of aryl methyl sites for hydroxylation is 1. The predicted molar refractivity (Wildman–Crippen MR) is 119 cm³/mol. The Bertz CT molecular complexity index is 1400. The molecule has 9 nitrogen and oxygen atoms in total. The Morgan fingerprint density at radius 3 is 2.72 bits per heavy atom. The predicted octanol–water partition coefficient (Wildman–Crippen LogP) is 4.87. The Morgan fingerprint density at radius 1 is 1.16 bits per heavy atom. The number of furan rings is 1. The number of rotatable bonds is 5. The monoisotopic (exact) mass is 448 g/mol. The molecule has 3 heterocycles. The summed E-state index contributed by atoms with van der Waals surface area (Å²) in [5, 5.41) is 18.0. The minimum Gasteiger partial charge on any atom is -0.463 e. The molecule has 0 radical (unpaired) electrons. The van der Waals surface area contributed by atoms with Crippen LogP contribution in [0.5, 0.6) is 11.5 Å². The van der Waals surface area contributed by atoms with Crippen LogP contribution in [0.3, 0.4) is 0 Å². The lowest BCUT2D eigenvalue weighted by molar-refractivity contribution is -0.385. The maximum atomic E-state index is 11.6. The van der Waals surface area contributed by atoms with Gasteiger partial charge in [-0.05, 0) is 36.8 Å². The summed E-state index contributed by atoms with van der Waals surface area (Å²) in [6.07, 6.45) is 2.98. The first kappa shape index (κ1) is 19.8. The van der Waals surface area contributed by atoms with Crippen molar-refractivity contribution < 1.29 is 18.8 Å². The van der Waals surface area contributed by atoms with Gasteiger partial charge in [-0.25, -0.2) is 9.67 Å². The van der Waals surface area contributed by atoms with Gasteiger partial charge in [-0.1, -0.05) is 18.2 Å². The number of aromatic nitrogens is 1. The van der Waals surface area contributed by atoms with E-state index in [1.165, 1.54) is 23.6 Å². The van der Waals surface area contributed by atoms with Crippen LogP contribution in [0.25, 0.3) is 11.5 Å². The maximum Gasteiger partial charge on any atom is 0.282 e. The summed E-state index contributed by atoms with van der Waals surface area (Å²) in [6.45, 7) is 2.00. The van der Waals surface area contributed by atoms with Crippen LogP contribution in [-0.4, -0.2) is 22.6 Å². The van der Waals surface area contributed by atoms with Crippen molar-refractivity contribution in [3.05, 3.63) is 86.2 Å². The van der Waals surface area contributed by atoms with Gasteiger partial charge in [0.15, 0.2) is 17.3 Å². The van der Waals surface area contributed by atoms with Gasteiger partial charge in [0.2, 0.25) is 11.6 Å². The van der Waals surface area contributed by atoms with Crippen molar-refractivity contribution in [3.63, 3.8) is 0 Å². The van der Waals surface area contributed by atoms with Crippen molar-refractivity contribution in [1.29, 1.82) is 0 Å². The first-order valence-electron chi connectivity index (χ1n) is 9.57. The number of fused-ring (bicyclic) bond motifs is 1. The fourth-order valence-corrected chi connectivity index (χ4v) is 4.03. The highest BCUT2D eigenvalue weighted by Crippen LogP contribution is 2.37. The largest absolute Gasteiger partial charge is 0.463 e. The lowest BCUT2D eigenvalue weighted by Gasteiger charge is -2.03. The first-order valence-corrected chi connectivity index (χ1v) is 10.5. The third kappa shape index (κ3) is 3.67. The van der Waals surface area contributed by atoms with E-state index in [1.807, 2.05) is 42.6 Å². The Hall–Kier alpha value is -4.18. The quantitative estimate of drug-likeness (QED) is 0.246. The van der Waals surface area contributed by atoms with Gasteiger partial charge in [-0.15, -0.1) is 11.3 Å². The van der Waals surface area contributed by atoms with Crippen LogP contribution in [0, 0.1) is 17.0 Å². The second-order valence-electron chi connectivity index (χ2n) is 6.86. The van der Waals surface area contributed by atoms with Crippen LogP contribution in [-0.2, 0) is 0 Å². The Labute approximate surface area is 185 Å². The van der Waals surface area contributed by atoms with Gasteiger partial charge < -0.3 is 13.9 Å². The maximum absolute atomic E-state index is 11.6. The van der Waals surface area contributed by atoms with Crippen molar-refractivity contribution in [3.8, 4) is 23.0 Å². The number of nitro benzene ring substituents is 1. The van der Waals surface area contributed by atoms with Gasteiger partial charge >= 0.3 is 0 Å². The topological polar surface area (TPSA) is 104 Å². The second kappa shape index (κ2) is 8.16. The average Bonchev–Trinajstić information content (AvgIpc) is 3.53. The van der Waals surface area contributed by atoms with Crippen molar-refractivity contribution in [1.82, 2.24) is 4.68 Å². The van der Waals surface area contributed by atoms with E-state index in [0.29, 0.717) is 27.8 Å². The number of para-hydroxylation sites is 1. The van der Waals surface area contributed by atoms with Crippen molar-refractivity contribution in [2.75, 3.05) is 6.79 Å². The molecule has 0 saturated carbocycles. The number of hydrogen-bond acceptors (Lipinski definition) is 8. The number of thiazole rings is 1. The Balaban J connectivity index is 1.65. The molecule has 0 saturated heterocycles. The highest BCUT2D eigenvalue weighted by atomic mass is 32.1. The highest BCUT2D eigenvalue weighted by molar-refractivity contribution is 7.07. The standard InChI is InChI=1S/C22H16N4O5S/c1-14-5-2-3-6-16(14)24-22-25(18(12-32-22)19-7-4-8-29-19)23-11-15-9-20-21(31-13-30-20)10-17(15)26(27)28/h2-12H,13H2,1H3. The molecule has 2 aromatic carbocycles. The number of ether oxygens (including phenoxy) is 2. The molecule has 0 spiro atoms. The second-order valence-corrected chi connectivity index (χ2v) is 7.69. The summed E-state index contributed by atoms with van der Waals surface area (Å²) in [6, 6.07) is 14.2. The van der Waals surface area contributed by atoms with Gasteiger partial charge in [0.05, 0.1) is 34.7 Å². The van der Waals surface area contributed by atoms with Crippen LogP contribution in [0.2, 0.25) is 0 Å². The molecule has 0 N–H and O–H groups in total. The number of nitro groups is 1. The zero-order valence-corrected chi connectivity index (χ0v) is 17.6. The van der Waals surface area contributed by atoms with Gasteiger partial charge in [0, 0.05) is 5.38 Å². The fraction of sp³-hybridized carbons (Fsp3) is 0.0909. The third-order valence-corrected chi connectivity index (χ3v) is 5.64. The van der Waals surface area contributed by atoms with E-state index in [9.17, 15) is 10.1 Å². The Morgan fingerprint density at radius 2 is 1.97 bits per heavy atom. The molecule has 160 valence electrons. The summed E-state index contributed by atoms with van der Waals surface area (Å²) >= 11 is 1.39. The van der Waals surface area contributed by atoms with E-state index >= 15 is 0 Å². The van der Waals surface area contributed by atoms with E-state index < -0.39 is 4.92 Å². The van der Waals surface area contributed by atoms with Crippen LogP contribution in [0.15, 0.2) is 74.7 Å². The molecule has 0 fully saturated rings. The summed E-state index contributed by atoms with van der Waals surface area (Å²) in [7, 11) is 0. The van der Waals surface area contributed by atoms with Crippen molar-refractivity contribution >= 4 is 28.9 Å². The molecule has 1 aliphatic heterocycles. The van der Waals surface area contributed by atoms with Crippen LogP contribution in [0.4, 0.5) is 11.4 Å². The fourth-order valence-electron chi connectivity index (χ4n) is 3.20. The van der Waals surface area contributed by atoms with Gasteiger partial charge in [0.25, 0.3) is 5.69 Å². The van der Waals surface area contributed by atoms with Gasteiger partial charge in [-0.3, -0.25) is 10.1 Å². The molecule has 10 heteroatoms. The molecular formula is C22H16N4O5S. The normalized spacial score (nSPS) is 13.2. The molecular weight excluding hydrogens is 432 g/mol. The number of nitrogens with zero attached hydrogens (tertiary/aromatic N) is 4. The summed E-state index contributed by atoms with van der Waals surface area (Å²) in [5.41, 5.74) is 2.64. The van der Waals surface area contributed by atoms with E-state index in [4.69, 9.17) is 18.9 Å². The van der Waals surface area contributed by atoms with Crippen LogP contribution < -0.4 is 14.3 Å². The summed E-state index contributed by atoms with van der Waals surface area (Å²) < 4.78 is 17.8.